The van der Waals surface area contributed by atoms with Crippen LogP contribution in [0.15, 0.2) is 18.2 Å². The van der Waals surface area contributed by atoms with Gasteiger partial charge in [-0.1, -0.05) is 50.0 Å². The topological polar surface area (TPSA) is 21.3 Å². The molecule has 18 heavy (non-hydrogen) atoms. The molecule has 0 atom stereocenters. The van der Waals surface area contributed by atoms with E-state index in [1.54, 1.807) is 18.2 Å². The second-order valence-electron chi connectivity index (χ2n) is 5.46. The second kappa shape index (κ2) is 7.22. The highest BCUT2D eigenvalue weighted by Crippen LogP contribution is 2.32. The number of halogens is 2. The summed E-state index contributed by atoms with van der Waals surface area (Å²) in [6, 6.07) is 5.35. The van der Waals surface area contributed by atoms with Gasteiger partial charge in [0.25, 0.3) is 0 Å². The van der Waals surface area contributed by atoms with Crippen LogP contribution < -0.4 is 10.1 Å². The summed E-state index contributed by atoms with van der Waals surface area (Å²) in [5.74, 6) is 0.568. The van der Waals surface area contributed by atoms with Crippen LogP contribution >= 0.6 is 23.2 Å². The minimum absolute atomic E-state index is 0.361. The molecule has 0 fully saturated rings. The number of hydrogen-bond donors (Lipinski definition) is 1. The van der Waals surface area contributed by atoms with Crippen molar-refractivity contribution < 1.29 is 4.74 Å². The van der Waals surface area contributed by atoms with Gasteiger partial charge in [0, 0.05) is 6.54 Å². The fourth-order valence-electron chi connectivity index (χ4n) is 1.43. The summed E-state index contributed by atoms with van der Waals surface area (Å²) in [4.78, 5) is 0. The Hall–Kier alpha value is -0.440. The maximum Gasteiger partial charge on any atom is 0.156 e. The lowest BCUT2D eigenvalue weighted by molar-refractivity contribution is 0.304. The Kier molecular flexibility index (Phi) is 6.27. The summed E-state index contributed by atoms with van der Waals surface area (Å²) in [5.41, 5.74) is 0.361. The molecule has 1 rings (SSSR count). The lowest BCUT2D eigenvalue weighted by atomic mass is 9.92. The van der Waals surface area contributed by atoms with Crippen LogP contribution in [0.3, 0.4) is 0 Å². The first-order valence-corrected chi connectivity index (χ1v) is 6.93. The number of benzene rings is 1. The standard InChI is InChI=1S/C14H21Cl2NO/c1-14(2,3)7-8-17-9-10-18-13-11(15)5-4-6-12(13)16/h4-6,17H,7-10H2,1-3H3. The zero-order chi connectivity index (χ0) is 13.6. The van der Waals surface area contributed by atoms with Crippen LogP contribution in [0.1, 0.15) is 27.2 Å². The monoisotopic (exact) mass is 289 g/mol. The van der Waals surface area contributed by atoms with Crippen molar-refractivity contribution in [3.8, 4) is 5.75 Å². The second-order valence-corrected chi connectivity index (χ2v) is 6.27. The van der Waals surface area contributed by atoms with Crippen LogP contribution in [0.25, 0.3) is 0 Å². The Morgan fingerprint density at radius 1 is 1.11 bits per heavy atom. The highest BCUT2D eigenvalue weighted by Gasteiger charge is 2.09. The molecule has 0 aromatic heterocycles. The van der Waals surface area contributed by atoms with Crippen LogP contribution in [0.5, 0.6) is 5.75 Å². The van der Waals surface area contributed by atoms with Gasteiger partial charge in [-0.15, -0.1) is 0 Å². The Morgan fingerprint density at radius 2 is 1.72 bits per heavy atom. The SMILES string of the molecule is CC(C)(C)CCNCCOc1c(Cl)cccc1Cl. The largest absolute Gasteiger partial charge is 0.489 e. The summed E-state index contributed by atoms with van der Waals surface area (Å²) in [7, 11) is 0. The Bertz CT molecular complexity index is 354. The van der Waals surface area contributed by atoms with Crippen molar-refractivity contribution >= 4 is 23.2 Å². The molecule has 0 aliphatic carbocycles. The number of nitrogens with one attached hydrogen (secondary N) is 1. The van der Waals surface area contributed by atoms with E-state index in [9.17, 15) is 0 Å². The molecular formula is C14H21Cl2NO. The van der Waals surface area contributed by atoms with E-state index >= 15 is 0 Å². The van der Waals surface area contributed by atoms with Gasteiger partial charge in [-0.2, -0.15) is 0 Å². The van der Waals surface area contributed by atoms with E-state index in [4.69, 9.17) is 27.9 Å². The minimum Gasteiger partial charge on any atom is -0.489 e. The quantitative estimate of drug-likeness (QED) is 0.784. The molecule has 1 aromatic rings. The third-order valence-corrected chi connectivity index (χ3v) is 3.09. The van der Waals surface area contributed by atoms with Crippen molar-refractivity contribution in [3.05, 3.63) is 28.2 Å². The molecule has 0 saturated carbocycles. The maximum atomic E-state index is 6.00. The van der Waals surface area contributed by atoms with Crippen LogP contribution in [0.4, 0.5) is 0 Å². The Labute approximate surface area is 120 Å². The van der Waals surface area contributed by atoms with Crippen molar-refractivity contribution in [3.63, 3.8) is 0 Å². The van der Waals surface area contributed by atoms with Crippen molar-refractivity contribution in [1.29, 1.82) is 0 Å². The Balaban J connectivity index is 2.22. The zero-order valence-electron chi connectivity index (χ0n) is 11.2. The van der Waals surface area contributed by atoms with Crippen LogP contribution in [0, 0.1) is 5.41 Å². The predicted octanol–water partition coefficient (Wildman–Crippen LogP) is 4.40. The molecule has 0 saturated heterocycles. The summed E-state index contributed by atoms with van der Waals surface area (Å²) in [5, 5.41) is 4.45. The molecule has 1 aromatic carbocycles. The summed E-state index contributed by atoms with van der Waals surface area (Å²) in [6.07, 6.45) is 1.14. The van der Waals surface area contributed by atoms with Crippen LogP contribution in [0.2, 0.25) is 10.0 Å². The minimum atomic E-state index is 0.361. The number of para-hydroxylation sites is 1. The average molecular weight is 290 g/mol. The first-order chi connectivity index (χ1) is 8.40. The molecule has 0 unspecified atom stereocenters. The molecule has 0 heterocycles. The summed E-state index contributed by atoms with van der Waals surface area (Å²) in [6.45, 7) is 9.03. The van der Waals surface area contributed by atoms with E-state index in [0.29, 0.717) is 27.8 Å². The molecule has 4 heteroatoms. The third-order valence-electron chi connectivity index (χ3n) is 2.50. The molecule has 0 bridgehead atoms. The third kappa shape index (κ3) is 5.94. The van der Waals surface area contributed by atoms with E-state index < -0.39 is 0 Å². The van der Waals surface area contributed by atoms with Gasteiger partial charge < -0.3 is 10.1 Å². The van der Waals surface area contributed by atoms with Gasteiger partial charge >= 0.3 is 0 Å². The molecule has 1 N–H and O–H groups in total. The van der Waals surface area contributed by atoms with Crippen LogP contribution in [-0.2, 0) is 0 Å². The fraction of sp³-hybridized carbons (Fsp3) is 0.571. The lowest BCUT2D eigenvalue weighted by Gasteiger charge is -2.18. The molecule has 0 aliphatic heterocycles. The van der Waals surface area contributed by atoms with Gasteiger partial charge in [0.1, 0.15) is 6.61 Å². The van der Waals surface area contributed by atoms with Gasteiger partial charge in [-0.3, -0.25) is 0 Å². The molecule has 0 spiro atoms. The van der Waals surface area contributed by atoms with Gasteiger partial charge in [-0.05, 0) is 30.5 Å². The molecular weight excluding hydrogens is 269 g/mol. The highest BCUT2D eigenvalue weighted by molar-refractivity contribution is 6.37. The Morgan fingerprint density at radius 3 is 2.28 bits per heavy atom. The normalized spacial score (nSPS) is 11.6. The van der Waals surface area contributed by atoms with Crippen molar-refractivity contribution in [2.75, 3.05) is 19.7 Å². The number of hydrogen-bond acceptors (Lipinski definition) is 2. The van der Waals surface area contributed by atoms with Gasteiger partial charge in [0.2, 0.25) is 0 Å². The van der Waals surface area contributed by atoms with Gasteiger partial charge in [0.05, 0.1) is 10.0 Å². The van der Waals surface area contributed by atoms with E-state index in [-0.39, 0.29) is 0 Å². The number of ether oxygens (including phenoxy) is 1. The summed E-state index contributed by atoms with van der Waals surface area (Å²) >= 11 is 12.0. The average Bonchev–Trinajstić information content (AvgIpc) is 2.25. The van der Waals surface area contributed by atoms with E-state index in [2.05, 4.69) is 26.1 Å². The predicted molar refractivity (Wildman–Crippen MR) is 78.9 cm³/mol. The van der Waals surface area contributed by atoms with Crippen molar-refractivity contribution in [2.24, 2.45) is 5.41 Å². The first-order valence-electron chi connectivity index (χ1n) is 6.18. The molecule has 0 radical (unpaired) electrons. The first kappa shape index (κ1) is 15.6. The van der Waals surface area contributed by atoms with Crippen molar-refractivity contribution in [2.45, 2.75) is 27.2 Å². The van der Waals surface area contributed by atoms with Gasteiger partial charge in [-0.25, -0.2) is 0 Å². The van der Waals surface area contributed by atoms with Crippen molar-refractivity contribution in [1.82, 2.24) is 5.32 Å². The highest BCUT2D eigenvalue weighted by atomic mass is 35.5. The van der Waals surface area contributed by atoms with E-state index in [0.717, 1.165) is 19.5 Å². The maximum absolute atomic E-state index is 6.00. The van der Waals surface area contributed by atoms with Crippen LogP contribution in [-0.4, -0.2) is 19.7 Å². The van der Waals surface area contributed by atoms with E-state index in [1.165, 1.54) is 0 Å². The lowest BCUT2D eigenvalue weighted by Crippen LogP contribution is -2.25. The van der Waals surface area contributed by atoms with E-state index in [1.807, 2.05) is 0 Å². The summed E-state index contributed by atoms with van der Waals surface area (Å²) < 4.78 is 5.57. The molecule has 2 nitrogen and oxygen atoms in total. The fourth-order valence-corrected chi connectivity index (χ4v) is 1.94. The molecule has 0 aliphatic rings. The zero-order valence-corrected chi connectivity index (χ0v) is 12.7. The number of rotatable bonds is 6. The smallest absolute Gasteiger partial charge is 0.156 e. The van der Waals surface area contributed by atoms with Gasteiger partial charge in [0.15, 0.2) is 5.75 Å². The molecule has 102 valence electrons. The molecule has 0 amide bonds.